The molecular formula is C20H31N5O6P+. The van der Waals surface area contributed by atoms with Crippen LogP contribution >= 0.6 is 8.18 Å². The molecule has 176 valence electrons. The summed E-state index contributed by atoms with van der Waals surface area (Å²) in [5, 5.41) is 17.1. The van der Waals surface area contributed by atoms with Crippen LogP contribution in [0.3, 0.4) is 0 Å². The first-order valence-corrected chi connectivity index (χ1v) is 11.7. The minimum Gasteiger partial charge on any atom is -0.464 e. The summed E-state index contributed by atoms with van der Waals surface area (Å²) in [5.74, 6) is -0.157. The summed E-state index contributed by atoms with van der Waals surface area (Å²) >= 11 is 0. The van der Waals surface area contributed by atoms with Crippen molar-refractivity contribution in [3.63, 3.8) is 0 Å². The van der Waals surface area contributed by atoms with Crippen LogP contribution in [-0.2, 0) is 23.4 Å². The largest absolute Gasteiger partial charge is 0.613 e. The molecular weight excluding hydrogens is 437 g/mol. The van der Waals surface area contributed by atoms with E-state index in [9.17, 15) is 14.5 Å². The number of aromatic nitrogens is 3. The molecule has 3 rings (SSSR count). The first-order chi connectivity index (χ1) is 15.1. The SMILES string of the molecule is CCC(C)(C)COC(=O)[C@H](C)N[P+](=O)OC[C@H]1O[C@@H](c2ccc3c(N)ncnn23)C[C@@H]1O. The lowest BCUT2D eigenvalue weighted by atomic mass is 9.92. The number of ether oxygens (including phenoxy) is 2. The Morgan fingerprint density at radius 3 is 2.97 bits per heavy atom. The summed E-state index contributed by atoms with van der Waals surface area (Å²) in [7, 11) is -2.36. The Morgan fingerprint density at radius 2 is 2.25 bits per heavy atom. The van der Waals surface area contributed by atoms with Crippen molar-refractivity contribution in [1.29, 1.82) is 0 Å². The highest BCUT2D eigenvalue weighted by atomic mass is 31.1. The fraction of sp³-hybridized carbons (Fsp3) is 0.650. The van der Waals surface area contributed by atoms with Gasteiger partial charge < -0.3 is 20.3 Å². The molecule has 2 aromatic rings. The second-order valence-electron chi connectivity index (χ2n) is 8.70. The summed E-state index contributed by atoms with van der Waals surface area (Å²) < 4.78 is 30.4. The molecule has 1 aliphatic heterocycles. The molecule has 1 aliphatic rings. The van der Waals surface area contributed by atoms with Crippen LogP contribution in [0.15, 0.2) is 18.5 Å². The van der Waals surface area contributed by atoms with E-state index in [4.69, 9.17) is 19.7 Å². The Kier molecular flexibility index (Phi) is 7.79. The summed E-state index contributed by atoms with van der Waals surface area (Å²) in [6, 6.07) is 2.80. The van der Waals surface area contributed by atoms with E-state index in [1.54, 1.807) is 17.5 Å². The van der Waals surface area contributed by atoms with Crippen LogP contribution in [0.25, 0.3) is 5.52 Å². The van der Waals surface area contributed by atoms with E-state index in [-0.39, 0.29) is 18.6 Å². The summed E-state index contributed by atoms with van der Waals surface area (Å²) in [5.41, 5.74) is 7.11. The summed E-state index contributed by atoms with van der Waals surface area (Å²) in [6.07, 6.45) is 0.610. The van der Waals surface area contributed by atoms with Crippen molar-refractivity contribution >= 4 is 25.5 Å². The average molecular weight is 468 g/mol. The van der Waals surface area contributed by atoms with E-state index in [1.165, 1.54) is 6.33 Å². The molecule has 5 atom stereocenters. The van der Waals surface area contributed by atoms with Crippen molar-refractivity contribution in [2.75, 3.05) is 18.9 Å². The normalized spacial score (nSPS) is 22.8. The molecule has 4 N–H and O–H groups in total. The Bertz CT molecular complexity index is 967. The number of anilines is 1. The quantitative estimate of drug-likeness (QED) is 0.349. The first kappa shape index (κ1) is 24.5. The fourth-order valence-corrected chi connectivity index (χ4v) is 3.95. The molecule has 2 aromatic heterocycles. The van der Waals surface area contributed by atoms with Gasteiger partial charge in [0.2, 0.25) is 0 Å². The van der Waals surface area contributed by atoms with Crippen LogP contribution in [0.1, 0.15) is 52.3 Å². The van der Waals surface area contributed by atoms with Gasteiger partial charge in [0.25, 0.3) is 0 Å². The fourth-order valence-electron chi connectivity index (χ4n) is 3.17. The lowest BCUT2D eigenvalue weighted by Crippen LogP contribution is -2.34. The Labute approximate surface area is 187 Å². The molecule has 1 fully saturated rings. The maximum absolute atomic E-state index is 12.2. The molecule has 1 unspecified atom stereocenters. The highest BCUT2D eigenvalue weighted by Gasteiger charge is 2.39. The van der Waals surface area contributed by atoms with E-state index in [1.807, 2.05) is 26.8 Å². The van der Waals surface area contributed by atoms with E-state index in [0.717, 1.165) is 12.1 Å². The van der Waals surface area contributed by atoms with Gasteiger partial charge in [-0.15, -0.1) is 4.52 Å². The van der Waals surface area contributed by atoms with E-state index in [2.05, 4.69) is 15.2 Å². The van der Waals surface area contributed by atoms with Crippen LogP contribution in [0.4, 0.5) is 5.82 Å². The van der Waals surface area contributed by atoms with Crippen molar-refractivity contribution in [3.05, 3.63) is 24.2 Å². The molecule has 3 heterocycles. The number of hydrogen-bond acceptors (Lipinski definition) is 9. The van der Waals surface area contributed by atoms with Gasteiger partial charge in [-0.1, -0.05) is 25.9 Å². The predicted molar refractivity (Wildman–Crippen MR) is 117 cm³/mol. The molecule has 0 bridgehead atoms. The molecule has 1 saturated heterocycles. The van der Waals surface area contributed by atoms with Gasteiger partial charge in [-0.2, -0.15) is 5.10 Å². The highest BCUT2D eigenvalue weighted by molar-refractivity contribution is 7.36. The predicted octanol–water partition coefficient (Wildman–Crippen LogP) is 2.13. The van der Waals surface area contributed by atoms with Crippen LogP contribution < -0.4 is 10.8 Å². The Hall–Kier alpha value is -2.17. The number of nitrogen functional groups attached to an aromatic ring is 1. The minimum atomic E-state index is -2.36. The second kappa shape index (κ2) is 10.2. The van der Waals surface area contributed by atoms with Gasteiger partial charge in [0, 0.05) is 6.42 Å². The lowest BCUT2D eigenvalue weighted by molar-refractivity contribution is -0.148. The molecule has 0 aliphatic carbocycles. The number of rotatable bonds is 10. The zero-order valence-corrected chi connectivity index (χ0v) is 19.6. The Morgan fingerprint density at radius 1 is 1.50 bits per heavy atom. The number of aliphatic hydroxyl groups excluding tert-OH is 1. The maximum atomic E-state index is 12.2. The molecule has 32 heavy (non-hydrogen) atoms. The zero-order valence-electron chi connectivity index (χ0n) is 18.7. The third-order valence-corrected chi connectivity index (χ3v) is 6.62. The van der Waals surface area contributed by atoms with E-state index in [0.29, 0.717) is 17.8 Å². The van der Waals surface area contributed by atoms with Crippen molar-refractivity contribution in [2.24, 2.45) is 5.41 Å². The van der Waals surface area contributed by atoms with E-state index >= 15 is 0 Å². The summed E-state index contributed by atoms with van der Waals surface area (Å²) in [4.78, 5) is 16.1. The monoisotopic (exact) mass is 468 g/mol. The number of fused-ring (bicyclic) bond motifs is 1. The molecule has 0 saturated carbocycles. The zero-order chi connectivity index (χ0) is 23.5. The minimum absolute atomic E-state index is 0.106. The highest BCUT2D eigenvalue weighted by Crippen LogP contribution is 2.35. The standard InChI is InChI=1S/C20H31N5O6P/c1-5-20(3,4)10-29-19(27)12(2)24-32(28)30-9-17-15(26)8-16(31-17)13-6-7-14-18(21)22-11-23-25(13)14/h6-7,11-12,15-17,26H,5,8-10H2,1-4H3,(H,24,28)(H2,21,22,23)/q+1/t12-,15-,16+,17+/m0/s1. The number of aliphatic hydroxyl groups is 1. The number of nitrogens with two attached hydrogens (primary N) is 1. The topological polar surface area (TPSA) is 150 Å². The molecule has 0 aromatic carbocycles. The van der Waals surface area contributed by atoms with Crippen LogP contribution in [-0.4, -0.2) is 57.1 Å². The van der Waals surface area contributed by atoms with Gasteiger partial charge in [-0.05, 0) is 35.5 Å². The molecule has 0 amide bonds. The smallest absolute Gasteiger partial charge is 0.464 e. The average Bonchev–Trinajstić information content (AvgIpc) is 3.34. The molecule has 11 nitrogen and oxygen atoms in total. The van der Waals surface area contributed by atoms with E-state index < -0.39 is 38.5 Å². The molecule has 0 spiro atoms. The maximum Gasteiger partial charge on any atom is 0.613 e. The van der Waals surface area contributed by atoms with Gasteiger partial charge in [0.05, 0.1) is 18.4 Å². The number of carbonyl (C=O) groups is 1. The van der Waals surface area contributed by atoms with Crippen molar-refractivity contribution in [3.8, 4) is 0 Å². The number of nitrogens with zero attached hydrogens (tertiary/aromatic N) is 3. The van der Waals surface area contributed by atoms with Crippen molar-refractivity contribution < 1.29 is 28.5 Å². The van der Waals surface area contributed by atoms with Crippen LogP contribution in [0.2, 0.25) is 0 Å². The number of hydrogen-bond donors (Lipinski definition) is 3. The number of esters is 1. The van der Waals surface area contributed by atoms with Gasteiger partial charge in [0.15, 0.2) is 5.82 Å². The second-order valence-corrected chi connectivity index (χ2v) is 9.73. The summed E-state index contributed by atoms with van der Waals surface area (Å²) in [6.45, 7) is 7.75. The van der Waals surface area contributed by atoms with Crippen LogP contribution in [0, 0.1) is 5.41 Å². The molecule has 12 heteroatoms. The number of carbonyl (C=O) groups excluding carboxylic acids is 1. The van der Waals surface area contributed by atoms with Crippen molar-refractivity contribution in [2.45, 2.75) is 64.9 Å². The van der Waals surface area contributed by atoms with Gasteiger partial charge in [-0.3, -0.25) is 4.79 Å². The van der Waals surface area contributed by atoms with Crippen molar-refractivity contribution in [1.82, 2.24) is 19.7 Å². The lowest BCUT2D eigenvalue weighted by Gasteiger charge is -2.22. The number of nitrogens with one attached hydrogen (secondary N) is 1. The third-order valence-electron chi connectivity index (χ3n) is 5.64. The first-order valence-electron chi connectivity index (χ1n) is 10.6. The Balaban J connectivity index is 1.48. The van der Waals surface area contributed by atoms with Gasteiger partial charge in [0.1, 0.15) is 36.7 Å². The molecule has 0 radical (unpaired) electrons. The van der Waals surface area contributed by atoms with Gasteiger partial charge >= 0.3 is 14.1 Å². The van der Waals surface area contributed by atoms with Gasteiger partial charge in [-0.25, -0.2) is 9.50 Å². The third kappa shape index (κ3) is 5.79. The van der Waals surface area contributed by atoms with Crippen LogP contribution in [0.5, 0.6) is 0 Å².